The van der Waals surface area contributed by atoms with Crippen LogP contribution in [0.3, 0.4) is 0 Å². The van der Waals surface area contributed by atoms with E-state index in [0.717, 1.165) is 44.6 Å². The average Bonchev–Trinajstić information content (AvgIpc) is 3.01. The second kappa shape index (κ2) is 7.79. The molecule has 0 aliphatic carbocycles. The minimum absolute atomic E-state index is 0.128. The van der Waals surface area contributed by atoms with Gasteiger partial charge in [0.1, 0.15) is 0 Å². The molecule has 0 bridgehead atoms. The summed E-state index contributed by atoms with van der Waals surface area (Å²) in [6, 6.07) is 4.03. The molecule has 2 aliphatic rings. The second-order valence-electron chi connectivity index (χ2n) is 7.39. The zero-order chi connectivity index (χ0) is 18.0. The van der Waals surface area contributed by atoms with Gasteiger partial charge >= 0.3 is 0 Å². The van der Waals surface area contributed by atoms with E-state index in [4.69, 9.17) is 0 Å². The first-order valence-corrected chi connectivity index (χ1v) is 9.00. The van der Waals surface area contributed by atoms with Crippen LogP contribution in [0.15, 0.2) is 18.2 Å². The SMILES string of the molecule is CC(=O)N1CCC([C@@H]2CN(Cc3ccc(F)c(F)c3)C[C@H]2CO)CC1. The number of halogens is 2. The third kappa shape index (κ3) is 4.18. The molecule has 0 saturated carbocycles. The van der Waals surface area contributed by atoms with Gasteiger partial charge in [-0.25, -0.2) is 8.78 Å². The summed E-state index contributed by atoms with van der Waals surface area (Å²) in [7, 11) is 0. The van der Waals surface area contributed by atoms with Crippen LogP contribution in [0.5, 0.6) is 0 Å². The van der Waals surface area contributed by atoms with Gasteiger partial charge in [-0.15, -0.1) is 0 Å². The van der Waals surface area contributed by atoms with Crippen molar-refractivity contribution in [2.24, 2.45) is 17.8 Å². The molecule has 2 fully saturated rings. The number of hydrogen-bond acceptors (Lipinski definition) is 3. The molecule has 1 aromatic carbocycles. The second-order valence-corrected chi connectivity index (χ2v) is 7.39. The van der Waals surface area contributed by atoms with Crippen molar-refractivity contribution in [3.63, 3.8) is 0 Å². The maximum Gasteiger partial charge on any atom is 0.219 e. The van der Waals surface area contributed by atoms with Gasteiger partial charge in [-0.3, -0.25) is 9.69 Å². The number of carbonyl (C=O) groups is 1. The van der Waals surface area contributed by atoms with Crippen LogP contribution in [0, 0.1) is 29.4 Å². The number of amides is 1. The Morgan fingerprint density at radius 1 is 1.20 bits per heavy atom. The third-order valence-corrected chi connectivity index (χ3v) is 5.78. The Labute approximate surface area is 147 Å². The van der Waals surface area contributed by atoms with E-state index in [1.54, 1.807) is 13.0 Å². The normalized spacial score (nSPS) is 25.5. The lowest BCUT2D eigenvalue weighted by Crippen LogP contribution is -2.40. The number of aliphatic hydroxyl groups is 1. The summed E-state index contributed by atoms with van der Waals surface area (Å²) in [5.41, 5.74) is 0.752. The largest absolute Gasteiger partial charge is 0.396 e. The van der Waals surface area contributed by atoms with Crippen molar-refractivity contribution < 1.29 is 18.7 Å². The maximum absolute atomic E-state index is 13.4. The first-order chi connectivity index (χ1) is 12.0. The fourth-order valence-corrected chi connectivity index (χ4v) is 4.38. The highest BCUT2D eigenvalue weighted by Gasteiger charge is 2.38. The van der Waals surface area contributed by atoms with Gasteiger partial charge in [0, 0.05) is 46.3 Å². The van der Waals surface area contributed by atoms with Gasteiger partial charge in [0.2, 0.25) is 5.91 Å². The summed E-state index contributed by atoms with van der Waals surface area (Å²) in [6.07, 6.45) is 1.94. The maximum atomic E-state index is 13.4. The molecule has 4 nitrogen and oxygen atoms in total. The van der Waals surface area contributed by atoms with E-state index in [-0.39, 0.29) is 18.4 Å². The van der Waals surface area contributed by atoms with Gasteiger partial charge in [0.25, 0.3) is 0 Å². The van der Waals surface area contributed by atoms with Crippen molar-refractivity contribution >= 4 is 5.91 Å². The van der Waals surface area contributed by atoms with E-state index in [1.807, 2.05) is 4.90 Å². The first-order valence-electron chi connectivity index (χ1n) is 9.00. The van der Waals surface area contributed by atoms with Gasteiger partial charge < -0.3 is 10.0 Å². The van der Waals surface area contributed by atoms with Crippen LogP contribution in [0.1, 0.15) is 25.3 Å². The van der Waals surface area contributed by atoms with Crippen LogP contribution in [0.25, 0.3) is 0 Å². The number of aliphatic hydroxyl groups excluding tert-OH is 1. The molecular weight excluding hydrogens is 326 g/mol. The molecule has 1 amide bonds. The molecular formula is C19H26F2N2O2. The molecule has 0 spiro atoms. The van der Waals surface area contributed by atoms with Crippen LogP contribution in [-0.4, -0.2) is 53.6 Å². The summed E-state index contributed by atoms with van der Waals surface area (Å²) >= 11 is 0. The number of nitrogens with zero attached hydrogens (tertiary/aromatic N) is 2. The lowest BCUT2D eigenvalue weighted by Gasteiger charge is -2.36. The van der Waals surface area contributed by atoms with Gasteiger partial charge in [0.15, 0.2) is 11.6 Å². The Kier molecular flexibility index (Phi) is 5.69. The summed E-state index contributed by atoms with van der Waals surface area (Å²) in [6.45, 7) is 5.52. The third-order valence-electron chi connectivity index (χ3n) is 5.78. The first kappa shape index (κ1) is 18.3. The molecule has 2 heterocycles. The van der Waals surface area contributed by atoms with Crippen LogP contribution >= 0.6 is 0 Å². The molecule has 1 N–H and O–H groups in total. The molecule has 6 heteroatoms. The average molecular weight is 352 g/mol. The molecule has 0 unspecified atom stereocenters. The van der Waals surface area contributed by atoms with E-state index >= 15 is 0 Å². The number of likely N-dealkylation sites (tertiary alicyclic amines) is 2. The summed E-state index contributed by atoms with van der Waals surface area (Å²) in [5, 5.41) is 9.77. The highest BCUT2D eigenvalue weighted by molar-refractivity contribution is 5.73. The van der Waals surface area contributed by atoms with Crippen molar-refractivity contribution in [2.45, 2.75) is 26.3 Å². The number of hydrogen-bond donors (Lipinski definition) is 1. The van der Waals surface area contributed by atoms with Crippen molar-refractivity contribution in [3.8, 4) is 0 Å². The zero-order valence-corrected chi connectivity index (χ0v) is 14.6. The van der Waals surface area contributed by atoms with Crippen LogP contribution in [0.2, 0.25) is 0 Å². The highest BCUT2D eigenvalue weighted by atomic mass is 19.2. The van der Waals surface area contributed by atoms with E-state index < -0.39 is 11.6 Å². The quantitative estimate of drug-likeness (QED) is 0.904. The van der Waals surface area contributed by atoms with Crippen molar-refractivity contribution in [3.05, 3.63) is 35.4 Å². The van der Waals surface area contributed by atoms with Gasteiger partial charge in [0.05, 0.1) is 0 Å². The van der Waals surface area contributed by atoms with Gasteiger partial charge in [-0.1, -0.05) is 6.07 Å². The monoisotopic (exact) mass is 352 g/mol. The number of piperidine rings is 1. The number of carbonyl (C=O) groups excluding carboxylic acids is 1. The smallest absolute Gasteiger partial charge is 0.219 e. The Balaban J connectivity index is 1.60. The van der Waals surface area contributed by atoms with Crippen LogP contribution < -0.4 is 0 Å². The minimum atomic E-state index is -0.825. The molecule has 1 aromatic rings. The lowest BCUT2D eigenvalue weighted by atomic mass is 9.79. The summed E-state index contributed by atoms with van der Waals surface area (Å²) in [4.78, 5) is 15.6. The zero-order valence-electron chi connectivity index (χ0n) is 14.6. The van der Waals surface area contributed by atoms with Gasteiger partial charge in [-0.05, 0) is 48.3 Å². The van der Waals surface area contributed by atoms with E-state index in [0.29, 0.717) is 18.4 Å². The molecule has 2 atom stereocenters. The minimum Gasteiger partial charge on any atom is -0.396 e. The Morgan fingerprint density at radius 3 is 2.52 bits per heavy atom. The standard InChI is InChI=1S/C19H26F2N2O2/c1-13(25)23-6-4-15(5-7-23)17-11-22(10-16(17)12-24)9-14-2-3-18(20)19(21)8-14/h2-3,8,15-17,24H,4-7,9-12H2,1H3/t16-,17-/m0/s1. The van der Waals surface area contributed by atoms with Crippen LogP contribution in [-0.2, 0) is 11.3 Å². The van der Waals surface area contributed by atoms with Crippen molar-refractivity contribution in [1.29, 1.82) is 0 Å². The summed E-state index contributed by atoms with van der Waals surface area (Å²) in [5.74, 6) is -0.410. The molecule has 3 rings (SSSR count). The Morgan fingerprint density at radius 2 is 1.92 bits per heavy atom. The Bertz CT molecular complexity index is 617. The van der Waals surface area contributed by atoms with E-state index in [9.17, 15) is 18.7 Å². The number of benzene rings is 1. The predicted octanol–water partition coefficient (Wildman–Crippen LogP) is 2.26. The molecule has 2 saturated heterocycles. The topological polar surface area (TPSA) is 43.8 Å². The van der Waals surface area contributed by atoms with Crippen LogP contribution in [0.4, 0.5) is 8.78 Å². The fraction of sp³-hybridized carbons (Fsp3) is 0.632. The van der Waals surface area contributed by atoms with Gasteiger partial charge in [-0.2, -0.15) is 0 Å². The molecule has 2 aliphatic heterocycles. The summed E-state index contributed by atoms with van der Waals surface area (Å²) < 4.78 is 26.5. The molecule has 138 valence electrons. The van der Waals surface area contributed by atoms with E-state index in [1.165, 1.54) is 12.1 Å². The molecule has 0 radical (unpaired) electrons. The van der Waals surface area contributed by atoms with E-state index in [2.05, 4.69) is 4.90 Å². The molecule has 25 heavy (non-hydrogen) atoms. The fourth-order valence-electron chi connectivity index (χ4n) is 4.38. The van der Waals surface area contributed by atoms with Crippen molar-refractivity contribution in [2.75, 3.05) is 32.8 Å². The molecule has 0 aromatic heterocycles. The lowest BCUT2D eigenvalue weighted by molar-refractivity contribution is -0.130. The predicted molar refractivity (Wildman–Crippen MR) is 90.7 cm³/mol. The van der Waals surface area contributed by atoms with Crippen molar-refractivity contribution in [1.82, 2.24) is 9.80 Å². The number of rotatable bonds is 4. The highest BCUT2D eigenvalue weighted by Crippen LogP contribution is 2.36. The Hall–Kier alpha value is -1.53.